The van der Waals surface area contributed by atoms with Gasteiger partial charge in [-0.15, -0.1) is 0 Å². The van der Waals surface area contributed by atoms with Crippen LogP contribution in [0.3, 0.4) is 0 Å². The number of nitriles is 1. The van der Waals surface area contributed by atoms with E-state index in [9.17, 15) is 9.59 Å². The lowest BCUT2D eigenvalue weighted by molar-refractivity contribution is -0.117. The molecule has 122 valence electrons. The molecule has 2 rings (SSSR count). The van der Waals surface area contributed by atoms with Gasteiger partial charge in [-0.2, -0.15) is 5.26 Å². The average Bonchev–Trinajstić information content (AvgIpc) is 2.55. The van der Waals surface area contributed by atoms with E-state index in [0.29, 0.717) is 12.0 Å². The number of aryl methyl sites for hydroxylation is 1. The van der Waals surface area contributed by atoms with Crippen molar-refractivity contribution in [2.24, 2.45) is 0 Å². The van der Waals surface area contributed by atoms with Crippen molar-refractivity contribution in [3.63, 3.8) is 0 Å². The highest BCUT2D eigenvalue weighted by molar-refractivity contribution is 6.31. The molecule has 1 aromatic heterocycles. The van der Waals surface area contributed by atoms with Gasteiger partial charge in [-0.05, 0) is 48.2 Å². The molecule has 0 fully saturated rings. The third-order valence-electron chi connectivity index (χ3n) is 3.79. The summed E-state index contributed by atoms with van der Waals surface area (Å²) in [5, 5.41) is 18.2. The first kappa shape index (κ1) is 17.6. The van der Waals surface area contributed by atoms with Crippen molar-refractivity contribution in [1.29, 1.82) is 5.26 Å². The molecule has 0 radical (unpaired) electrons. The zero-order valence-corrected chi connectivity index (χ0v) is 14.0. The Morgan fingerprint density at radius 3 is 2.58 bits per heavy atom. The summed E-state index contributed by atoms with van der Waals surface area (Å²) in [6.07, 6.45) is 2.04. The first-order valence-electron chi connectivity index (χ1n) is 7.31. The van der Waals surface area contributed by atoms with E-state index in [1.54, 1.807) is 18.2 Å². The number of carboxylic acids is 1. The van der Waals surface area contributed by atoms with Gasteiger partial charge in [0.15, 0.2) is 5.69 Å². The molecular weight excluding hydrogens is 328 g/mol. The van der Waals surface area contributed by atoms with E-state index in [0.717, 1.165) is 11.1 Å². The van der Waals surface area contributed by atoms with Crippen molar-refractivity contribution in [2.45, 2.75) is 26.2 Å². The first-order valence-corrected chi connectivity index (χ1v) is 7.68. The summed E-state index contributed by atoms with van der Waals surface area (Å²) < 4.78 is 0. The van der Waals surface area contributed by atoms with E-state index in [1.165, 1.54) is 19.2 Å². The second kappa shape index (κ2) is 7.24. The molecule has 0 spiro atoms. The molecule has 0 saturated heterocycles. The van der Waals surface area contributed by atoms with Crippen molar-refractivity contribution < 1.29 is 14.7 Å². The Bertz CT molecular complexity index is 856. The number of rotatable bonds is 5. The van der Waals surface area contributed by atoms with Crippen LogP contribution in [0.15, 0.2) is 30.5 Å². The van der Waals surface area contributed by atoms with Gasteiger partial charge in [-0.3, -0.25) is 4.79 Å². The Morgan fingerprint density at radius 1 is 1.38 bits per heavy atom. The van der Waals surface area contributed by atoms with Crippen molar-refractivity contribution in [3.05, 3.63) is 63.4 Å². The van der Waals surface area contributed by atoms with Gasteiger partial charge in [0.2, 0.25) is 0 Å². The first-order chi connectivity index (χ1) is 11.4. The predicted octanol–water partition coefficient (Wildman–Crippen LogP) is 3.59. The molecule has 2 aromatic rings. The number of ketones is 1. The summed E-state index contributed by atoms with van der Waals surface area (Å²) in [6, 6.07) is 8.15. The highest BCUT2D eigenvalue weighted by Gasteiger charge is 2.23. The lowest BCUT2D eigenvalue weighted by Crippen LogP contribution is -2.14. The quantitative estimate of drug-likeness (QED) is 0.896. The molecule has 1 N–H and O–H groups in total. The van der Waals surface area contributed by atoms with Gasteiger partial charge < -0.3 is 5.11 Å². The number of benzene rings is 1. The number of nitrogens with zero attached hydrogens (tertiary/aromatic N) is 2. The molecule has 1 unspecified atom stereocenters. The van der Waals surface area contributed by atoms with Crippen LogP contribution >= 0.6 is 11.6 Å². The number of halogens is 1. The molecule has 0 aliphatic carbocycles. The van der Waals surface area contributed by atoms with Gasteiger partial charge in [-0.25, -0.2) is 9.78 Å². The number of aromatic carboxylic acids is 1. The van der Waals surface area contributed by atoms with Gasteiger partial charge in [0.25, 0.3) is 0 Å². The largest absolute Gasteiger partial charge is 0.478 e. The Morgan fingerprint density at radius 2 is 2.08 bits per heavy atom. The SMILES string of the molecule is CCc1cc(C(=O)O)ccc1C(C(C)=O)c1cnc(C#N)c(Cl)c1. The van der Waals surface area contributed by atoms with Crippen molar-refractivity contribution >= 4 is 23.4 Å². The molecule has 1 aromatic carbocycles. The molecule has 0 aliphatic rings. The number of hydrogen-bond acceptors (Lipinski definition) is 4. The monoisotopic (exact) mass is 342 g/mol. The Balaban J connectivity index is 2.60. The van der Waals surface area contributed by atoms with E-state index >= 15 is 0 Å². The summed E-state index contributed by atoms with van der Waals surface area (Å²) in [5.41, 5.74) is 2.34. The van der Waals surface area contributed by atoms with E-state index < -0.39 is 11.9 Å². The highest BCUT2D eigenvalue weighted by Crippen LogP contribution is 2.31. The fourth-order valence-electron chi connectivity index (χ4n) is 2.65. The molecule has 1 heterocycles. The molecule has 1 atom stereocenters. The van der Waals surface area contributed by atoms with Crippen molar-refractivity contribution in [1.82, 2.24) is 4.98 Å². The maximum absolute atomic E-state index is 12.2. The number of Topliss-reactive ketones (excluding diaryl/α,β-unsaturated/α-hetero) is 1. The molecule has 0 saturated carbocycles. The molecule has 0 bridgehead atoms. The van der Waals surface area contributed by atoms with Crippen LogP contribution in [0.5, 0.6) is 0 Å². The third kappa shape index (κ3) is 3.44. The van der Waals surface area contributed by atoms with E-state index in [-0.39, 0.29) is 22.1 Å². The van der Waals surface area contributed by atoms with Crippen LogP contribution < -0.4 is 0 Å². The van der Waals surface area contributed by atoms with Crippen molar-refractivity contribution in [3.8, 4) is 6.07 Å². The van der Waals surface area contributed by atoms with Crippen LogP contribution in [0.1, 0.15) is 52.5 Å². The van der Waals surface area contributed by atoms with Crippen LogP contribution in [0.2, 0.25) is 5.02 Å². The fourth-order valence-corrected chi connectivity index (χ4v) is 2.87. The van der Waals surface area contributed by atoms with Gasteiger partial charge in [0.1, 0.15) is 11.9 Å². The topological polar surface area (TPSA) is 91.0 Å². The van der Waals surface area contributed by atoms with Gasteiger partial charge >= 0.3 is 5.97 Å². The van der Waals surface area contributed by atoms with Gasteiger partial charge in [0.05, 0.1) is 16.5 Å². The number of carbonyl (C=O) groups is 2. The minimum atomic E-state index is -1.02. The number of carbonyl (C=O) groups excluding carboxylic acids is 1. The number of aromatic nitrogens is 1. The Labute approximate surface area is 144 Å². The minimum Gasteiger partial charge on any atom is -0.478 e. The molecule has 24 heavy (non-hydrogen) atoms. The van der Waals surface area contributed by atoms with Crippen LogP contribution in [0.25, 0.3) is 0 Å². The standard InChI is InChI=1S/C18H15ClN2O3/c1-3-11-6-12(18(23)24)4-5-14(11)17(10(2)22)13-7-15(19)16(8-20)21-9-13/h4-7,9,17H,3H2,1-2H3,(H,23,24). The van der Waals surface area contributed by atoms with Crippen LogP contribution in [0.4, 0.5) is 0 Å². The summed E-state index contributed by atoms with van der Waals surface area (Å²) in [6.45, 7) is 3.35. The third-order valence-corrected chi connectivity index (χ3v) is 4.08. The zero-order valence-electron chi connectivity index (χ0n) is 13.2. The van der Waals surface area contributed by atoms with E-state index in [4.69, 9.17) is 22.0 Å². The fraction of sp³-hybridized carbons (Fsp3) is 0.222. The Kier molecular flexibility index (Phi) is 5.32. The Hall–Kier alpha value is -2.71. The average molecular weight is 343 g/mol. The summed E-state index contributed by atoms with van der Waals surface area (Å²) in [5.74, 6) is -1.74. The lowest BCUT2D eigenvalue weighted by Gasteiger charge is -2.19. The van der Waals surface area contributed by atoms with E-state index in [2.05, 4.69) is 4.98 Å². The molecule has 5 nitrogen and oxygen atoms in total. The molecule has 0 aliphatic heterocycles. The normalized spacial score (nSPS) is 11.6. The van der Waals surface area contributed by atoms with Crippen LogP contribution in [-0.2, 0) is 11.2 Å². The maximum atomic E-state index is 12.2. The summed E-state index contributed by atoms with van der Waals surface area (Å²) >= 11 is 6.03. The second-order valence-electron chi connectivity index (χ2n) is 5.33. The smallest absolute Gasteiger partial charge is 0.335 e. The molecular formula is C18H15ClN2O3. The zero-order chi connectivity index (χ0) is 17.9. The summed E-state index contributed by atoms with van der Waals surface area (Å²) in [7, 11) is 0. The lowest BCUT2D eigenvalue weighted by atomic mass is 9.84. The van der Waals surface area contributed by atoms with Crippen LogP contribution in [0, 0.1) is 11.3 Å². The van der Waals surface area contributed by atoms with Crippen molar-refractivity contribution in [2.75, 3.05) is 0 Å². The van der Waals surface area contributed by atoms with Crippen LogP contribution in [-0.4, -0.2) is 21.8 Å². The second-order valence-corrected chi connectivity index (χ2v) is 5.73. The number of carboxylic acid groups (broad SMARTS) is 1. The molecule has 6 heteroatoms. The van der Waals surface area contributed by atoms with Gasteiger partial charge in [0, 0.05) is 6.20 Å². The highest BCUT2D eigenvalue weighted by atomic mass is 35.5. The molecule has 0 amide bonds. The number of pyridine rings is 1. The predicted molar refractivity (Wildman–Crippen MR) is 89.3 cm³/mol. The minimum absolute atomic E-state index is 0.0969. The maximum Gasteiger partial charge on any atom is 0.335 e. The van der Waals surface area contributed by atoms with E-state index in [1.807, 2.05) is 13.0 Å². The van der Waals surface area contributed by atoms with Gasteiger partial charge in [-0.1, -0.05) is 24.6 Å². The number of hydrogen-bond donors (Lipinski definition) is 1. The summed E-state index contributed by atoms with van der Waals surface area (Å²) in [4.78, 5) is 27.4.